The van der Waals surface area contributed by atoms with Gasteiger partial charge in [0.05, 0.1) is 0 Å². The van der Waals surface area contributed by atoms with Gasteiger partial charge in [-0.25, -0.2) is 0 Å². The van der Waals surface area contributed by atoms with Gasteiger partial charge in [0.2, 0.25) is 0 Å². The molecule has 0 unspecified atom stereocenters. The lowest BCUT2D eigenvalue weighted by Gasteiger charge is -2.22. The molecule has 0 aliphatic rings. The Balaban J connectivity index is 2.14. The molecule has 0 saturated carbocycles. The number of nitrogens with one attached hydrogen (secondary N) is 1. The Kier molecular flexibility index (Phi) is 6.02. The van der Waals surface area contributed by atoms with Gasteiger partial charge >= 0.3 is 12.1 Å². The molecule has 0 aliphatic carbocycles. The summed E-state index contributed by atoms with van der Waals surface area (Å²) >= 11 is 0. The Bertz CT molecular complexity index is 803. The van der Waals surface area contributed by atoms with Crippen molar-refractivity contribution in [1.82, 2.24) is 4.90 Å². The number of aryl methyl sites for hydroxylation is 1. The molecule has 2 amide bonds. The van der Waals surface area contributed by atoms with Crippen LogP contribution in [0.5, 0.6) is 0 Å². The lowest BCUT2D eigenvalue weighted by atomic mass is 10.1. The second kappa shape index (κ2) is 8.03. The van der Waals surface area contributed by atoms with Crippen molar-refractivity contribution in [1.29, 1.82) is 0 Å². The first-order valence-corrected chi connectivity index (χ1v) is 8.04. The fraction of sp³-hybridized carbons (Fsp3) is 0.263. The van der Waals surface area contributed by atoms with Gasteiger partial charge in [0.1, 0.15) is 0 Å². The Morgan fingerprint density at radius 1 is 1.08 bits per heavy atom. The smallest absolute Gasteiger partial charge is 0.331 e. The summed E-state index contributed by atoms with van der Waals surface area (Å²) in [6.45, 7) is 3.03. The van der Waals surface area contributed by atoms with Gasteiger partial charge in [-0.15, -0.1) is 0 Å². The van der Waals surface area contributed by atoms with Crippen LogP contribution >= 0.6 is 0 Å². The highest BCUT2D eigenvalue weighted by Crippen LogP contribution is 2.21. The maximum absolute atomic E-state index is 12.6. The Hall–Kier alpha value is -2.83. The molecule has 7 heteroatoms. The third-order valence-electron chi connectivity index (χ3n) is 3.86. The molecule has 0 bridgehead atoms. The SMILES string of the molecule is CCN(Cc1cccc(NC(=O)c2ccccc2C)c1)C(=O)C(F)(F)F. The van der Waals surface area contributed by atoms with Gasteiger partial charge in [0, 0.05) is 24.3 Å². The number of halogens is 3. The number of benzene rings is 2. The molecule has 0 radical (unpaired) electrons. The number of amides is 2. The Morgan fingerprint density at radius 3 is 2.38 bits per heavy atom. The van der Waals surface area contributed by atoms with E-state index < -0.39 is 12.1 Å². The number of hydrogen-bond acceptors (Lipinski definition) is 2. The van der Waals surface area contributed by atoms with Gasteiger partial charge in [-0.1, -0.05) is 30.3 Å². The zero-order valence-corrected chi connectivity index (χ0v) is 14.4. The van der Waals surface area contributed by atoms with E-state index in [1.165, 1.54) is 6.92 Å². The highest BCUT2D eigenvalue weighted by Gasteiger charge is 2.41. The average Bonchev–Trinajstić information content (AvgIpc) is 2.59. The molecule has 0 fully saturated rings. The maximum atomic E-state index is 12.6. The topological polar surface area (TPSA) is 49.4 Å². The third-order valence-corrected chi connectivity index (χ3v) is 3.86. The van der Waals surface area contributed by atoms with E-state index in [4.69, 9.17) is 0 Å². The van der Waals surface area contributed by atoms with E-state index in [0.717, 1.165) is 5.56 Å². The van der Waals surface area contributed by atoms with Crippen molar-refractivity contribution in [3.05, 3.63) is 65.2 Å². The summed E-state index contributed by atoms with van der Waals surface area (Å²) in [5.41, 5.74) is 2.27. The van der Waals surface area contributed by atoms with Crippen LogP contribution in [0, 0.1) is 6.92 Å². The monoisotopic (exact) mass is 364 g/mol. The van der Waals surface area contributed by atoms with Crippen molar-refractivity contribution in [2.45, 2.75) is 26.6 Å². The van der Waals surface area contributed by atoms with Gasteiger partial charge in [-0.2, -0.15) is 13.2 Å². The molecule has 0 aromatic heterocycles. The second-order valence-corrected chi connectivity index (χ2v) is 5.79. The molecule has 2 aromatic carbocycles. The number of anilines is 1. The quantitative estimate of drug-likeness (QED) is 0.866. The van der Waals surface area contributed by atoms with Crippen molar-refractivity contribution in [2.24, 2.45) is 0 Å². The number of carbonyl (C=O) groups excluding carboxylic acids is 2. The minimum absolute atomic E-state index is 0.0713. The normalized spacial score (nSPS) is 11.1. The van der Waals surface area contributed by atoms with Crippen LogP contribution in [0.15, 0.2) is 48.5 Å². The van der Waals surface area contributed by atoms with Crippen molar-refractivity contribution >= 4 is 17.5 Å². The summed E-state index contributed by atoms with van der Waals surface area (Å²) in [6.07, 6.45) is -4.91. The molecular weight excluding hydrogens is 345 g/mol. The van der Waals surface area contributed by atoms with Gasteiger partial charge < -0.3 is 10.2 Å². The summed E-state index contributed by atoms with van der Waals surface area (Å²) in [5.74, 6) is -2.19. The van der Waals surface area contributed by atoms with Crippen LogP contribution in [0.3, 0.4) is 0 Å². The number of rotatable bonds is 5. The standard InChI is InChI=1S/C19H19F3N2O2/c1-3-24(18(26)19(20,21)22)12-14-8-6-9-15(11-14)23-17(25)16-10-5-4-7-13(16)2/h4-11H,3,12H2,1-2H3,(H,23,25). The largest absolute Gasteiger partial charge is 0.471 e. The van der Waals surface area contributed by atoms with Crippen LogP contribution in [0.2, 0.25) is 0 Å². The molecule has 0 aliphatic heterocycles. The van der Waals surface area contributed by atoms with Crippen molar-refractivity contribution < 1.29 is 22.8 Å². The summed E-state index contributed by atoms with van der Waals surface area (Å²) in [5, 5.41) is 2.73. The molecule has 2 rings (SSSR count). The molecule has 0 heterocycles. The van der Waals surface area contributed by atoms with Crippen LogP contribution in [0.25, 0.3) is 0 Å². The molecule has 1 N–H and O–H groups in total. The fourth-order valence-corrected chi connectivity index (χ4v) is 2.50. The van der Waals surface area contributed by atoms with Gasteiger partial charge in [0.15, 0.2) is 0 Å². The predicted molar refractivity (Wildman–Crippen MR) is 92.7 cm³/mol. The first-order valence-electron chi connectivity index (χ1n) is 8.04. The summed E-state index contributed by atoms with van der Waals surface area (Å²) in [7, 11) is 0. The number of hydrogen-bond donors (Lipinski definition) is 1. The second-order valence-electron chi connectivity index (χ2n) is 5.79. The molecule has 138 valence electrons. The van der Waals surface area contributed by atoms with Crippen molar-refractivity contribution in [3.8, 4) is 0 Å². The summed E-state index contributed by atoms with van der Waals surface area (Å²) in [4.78, 5) is 24.5. The number of alkyl halides is 3. The molecule has 4 nitrogen and oxygen atoms in total. The first kappa shape index (κ1) is 19.5. The van der Waals surface area contributed by atoms with E-state index >= 15 is 0 Å². The van der Waals surface area contributed by atoms with Crippen LogP contribution < -0.4 is 5.32 Å². The van der Waals surface area contributed by atoms with E-state index in [1.807, 2.05) is 19.1 Å². The highest BCUT2D eigenvalue weighted by molar-refractivity contribution is 6.05. The minimum Gasteiger partial charge on any atom is -0.331 e. The van der Waals surface area contributed by atoms with Crippen LogP contribution in [0.4, 0.5) is 18.9 Å². The van der Waals surface area contributed by atoms with Crippen LogP contribution in [0.1, 0.15) is 28.4 Å². The van der Waals surface area contributed by atoms with E-state index in [9.17, 15) is 22.8 Å². The average molecular weight is 364 g/mol. The van der Waals surface area contributed by atoms with Gasteiger partial charge in [-0.3, -0.25) is 9.59 Å². The molecular formula is C19H19F3N2O2. The zero-order valence-electron chi connectivity index (χ0n) is 14.4. The molecule has 0 saturated heterocycles. The lowest BCUT2D eigenvalue weighted by Crippen LogP contribution is -2.40. The molecule has 0 spiro atoms. The molecule has 2 aromatic rings. The zero-order chi connectivity index (χ0) is 19.3. The van der Waals surface area contributed by atoms with Crippen molar-refractivity contribution in [3.63, 3.8) is 0 Å². The van der Waals surface area contributed by atoms with E-state index in [0.29, 0.717) is 21.7 Å². The van der Waals surface area contributed by atoms with Crippen LogP contribution in [-0.2, 0) is 11.3 Å². The van der Waals surface area contributed by atoms with E-state index in [1.54, 1.807) is 36.4 Å². The van der Waals surface area contributed by atoms with E-state index in [2.05, 4.69) is 5.32 Å². The fourth-order valence-electron chi connectivity index (χ4n) is 2.50. The van der Waals surface area contributed by atoms with E-state index in [-0.39, 0.29) is 19.0 Å². The molecule has 0 atom stereocenters. The van der Waals surface area contributed by atoms with Crippen molar-refractivity contribution in [2.75, 3.05) is 11.9 Å². The Morgan fingerprint density at radius 2 is 1.77 bits per heavy atom. The first-order chi connectivity index (χ1) is 12.2. The minimum atomic E-state index is -4.91. The number of nitrogens with zero attached hydrogens (tertiary/aromatic N) is 1. The van der Waals surface area contributed by atoms with Gasteiger partial charge in [-0.05, 0) is 43.2 Å². The highest BCUT2D eigenvalue weighted by atomic mass is 19.4. The molecule has 26 heavy (non-hydrogen) atoms. The summed E-state index contributed by atoms with van der Waals surface area (Å²) in [6, 6.07) is 13.5. The summed E-state index contributed by atoms with van der Waals surface area (Å²) < 4.78 is 37.9. The third kappa shape index (κ3) is 4.84. The van der Waals surface area contributed by atoms with Gasteiger partial charge in [0.25, 0.3) is 5.91 Å². The Labute approximate surface area is 149 Å². The maximum Gasteiger partial charge on any atom is 0.471 e. The number of carbonyl (C=O) groups is 2. The lowest BCUT2D eigenvalue weighted by molar-refractivity contribution is -0.185. The van der Waals surface area contributed by atoms with Crippen LogP contribution in [-0.4, -0.2) is 29.4 Å². The predicted octanol–water partition coefficient (Wildman–Crippen LogP) is 4.16.